The molecule has 0 bridgehead atoms. The lowest BCUT2D eigenvalue weighted by molar-refractivity contribution is 0.456. The van der Waals surface area contributed by atoms with Gasteiger partial charge in [-0.2, -0.15) is 4.31 Å². The Labute approximate surface area is 159 Å². The van der Waals surface area contributed by atoms with Crippen molar-refractivity contribution in [3.8, 4) is 11.4 Å². The van der Waals surface area contributed by atoms with Gasteiger partial charge in [-0.05, 0) is 36.1 Å². The summed E-state index contributed by atoms with van der Waals surface area (Å²) < 4.78 is 34.9. The second-order valence-corrected chi connectivity index (χ2v) is 9.51. The quantitative estimate of drug-likeness (QED) is 0.524. The highest BCUT2D eigenvalue weighted by atomic mass is 32.2. The second-order valence-electron chi connectivity index (χ2n) is 6.40. The van der Waals surface area contributed by atoms with Crippen molar-refractivity contribution in [1.29, 1.82) is 0 Å². The summed E-state index contributed by atoms with van der Waals surface area (Å²) in [5.41, 5.74) is 2.40. The summed E-state index contributed by atoms with van der Waals surface area (Å²) in [4.78, 5) is 9.21. The van der Waals surface area contributed by atoms with Gasteiger partial charge in [-0.1, -0.05) is 6.07 Å². The van der Waals surface area contributed by atoms with E-state index in [0.29, 0.717) is 23.7 Å². The zero-order valence-corrected chi connectivity index (χ0v) is 15.9. The van der Waals surface area contributed by atoms with Crippen LogP contribution in [0, 0.1) is 0 Å². The molecule has 0 aromatic carbocycles. The molecule has 4 aromatic rings. The van der Waals surface area contributed by atoms with Gasteiger partial charge in [0.15, 0.2) is 5.65 Å². The van der Waals surface area contributed by atoms with Crippen LogP contribution in [0.3, 0.4) is 0 Å². The van der Waals surface area contributed by atoms with Gasteiger partial charge in [0.1, 0.15) is 21.8 Å². The molecule has 0 spiro atoms. The minimum atomic E-state index is -3.46. The lowest BCUT2D eigenvalue weighted by atomic mass is 10.2. The van der Waals surface area contributed by atoms with E-state index in [1.807, 2.05) is 22.8 Å². The van der Waals surface area contributed by atoms with E-state index in [0.717, 1.165) is 22.6 Å². The third-order valence-corrected chi connectivity index (χ3v) is 8.05. The highest BCUT2D eigenvalue weighted by Gasteiger charge is 2.35. The van der Waals surface area contributed by atoms with Crippen LogP contribution in [0.15, 0.2) is 63.1 Å². The van der Waals surface area contributed by atoms with Crippen LogP contribution < -0.4 is 0 Å². The van der Waals surface area contributed by atoms with E-state index < -0.39 is 10.0 Å². The van der Waals surface area contributed by atoms with Crippen LogP contribution in [0.2, 0.25) is 0 Å². The number of sulfonamides is 1. The minimum Gasteiger partial charge on any atom is -0.472 e. The summed E-state index contributed by atoms with van der Waals surface area (Å²) >= 11 is 1.25. The first kappa shape index (κ1) is 16.7. The fraction of sp³-hybridized carbons (Fsp3) is 0.222. The number of hydrogen-bond acceptors (Lipinski definition) is 6. The molecule has 1 saturated heterocycles. The molecule has 1 aliphatic heterocycles. The van der Waals surface area contributed by atoms with Crippen molar-refractivity contribution in [3.05, 3.63) is 54.4 Å². The van der Waals surface area contributed by atoms with Crippen LogP contribution in [0.4, 0.5) is 0 Å². The largest absolute Gasteiger partial charge is 0.472 e. The van der Waals surface area contributed by atoms with Crippen LogP contribution in [-0.4, -0.2) is 40.3 Å². The Morgan fingerprint density at radius 1 is 1.22 bits per heavy atom. The van der Waals surface area contributed by atoms with Crippen LogP contribution in [0.25, 0.3) is 22.6 Å². The van der Waals surface area contributed by atoms with Gasteiger partial charge in [-0.3, -0.25) is 0 Å². The van der Waals surface area contributed by atoms with E-state index in [-0.39, 0.29) is 6.04 Å². The Bertz CT molecular complexity index is 1180. The van der Waals surface area contributed by atoms with Crippen molar-refractivity contribution in [2.75, 3.05) is 13.1 Å². The molecule has 1 aliphatic rings. The summed E-state index contributed by atoms with van der Waals surface area (Å²) in [6.07, 6.45) is 5.69. The van der Waals surface area contributed by atoms with E-state index in [9.17, 15) is 8.42 Å². The van der Waals surface area contributed by atoms with Gasteiger partial charge in [-0.15, -0.1) is 11.3 Å². The smallest absolute Gasteiger partial charge is 0.252 e. The number of nitrogens with zero attached hydrogens (tertiary/aromatic N) is 4. The topological polar surface area (TPSA) is 81.2 Å². The van der Waals surface area contributed by atoms with Gasteiger partial charge in [0, 0.05) is 19.3 Å². The molecule has 0 amide bonds. The third kappa shape index (κ3) is 2.70. The molecule has 7 nitrogen and oxygen atoms in total. The number of rotatable bonds is 4. The lowest BCUT2D eigenvalue weighted by Crippen LogP contribution is -2.28. The van der Waals surface area contributed by atoms with Crippen molar-refractivity contribution in [1.82, 2.24) is 18.8 Å². The number of imidazole rings is 1. The van der Waals surface area contributed by atoms with Gasteiger partial charge in [-0.25, -0.2) is 18.4 Å². The molecule has 5 rings (SSSR count). The molecule has 0 saturated carbocycles. The zero-order chi connectivity index (χ0) is 18.4. The first-order valence-electron chi connectivity index (χ1n) is 8.54. The number of furan rings is 1. The van der Waals surface area contributed by atoms with E-state index in [1.54, 1.807) is 40.5 Å². The van der Waals surface area contributed by atoms with Gasteiger partial charge in [0.25, 0.3) is 10.0 Å². The monoisotopic (exact) mass is 400 g/mol. The van der Waals surface area contributed by atoms with Crippen molar-refractivity contribution < 1.29 is 12.8 Å². The van der Waals surface area contributed by atoms with Gasteiger partial charge >= 0.3 is 0 Å². The van der Waals surface area contributed by atoms with Gasteiger partial charge < -0.3 is 8.98 Å². The van der Waals surface area contributed by atoms with Gasteiger partial charge in [0.2, 0.25) is 0 Å². The lowest BCUT2D eigenvalue weighted by Gasteiger charge is -2.17. The average Bonchev–Trinajstić information content (AvgIpc) is 3.48. The van der Waals surface area contributed by atoms with Crippen molar-refractivity contribution in [2.45, 2.75) is 16.7 Å². The summed E-state index contributed by atoms with van der Waals surface area (Å²) in [5, 5.41) is 1.78. The molecular formula is C18H16N4O3S2. The normalized spacial score (nSPS) is 18.4. The van der Waals surface area contributed by atoms with Crippen LogP contribution >= 0.6 is 11.3 Å². The summed E-state index contributed by atoms with van der Waals surface area (Å²) in [6, 6.07) is 8.99. The number of aromatic nitrogens is 3. The fourth-order valence-electron chi connectivity index (χ4n) is 3.55. The molecule has 138 valence electrons. The number of hydrogen-bond donors (Lipinski definition) is 0. The standard InChI is InChI=1S/C18H16N4O3S2/c23-27(24,16-4-2-10-26-16)21-8-5-14(11-21)22-17(13-6-9-25-12-13)20-15-3-1-7-19-18(15)22/h1-4,6-7,9-10,12,14H,5,8,11H2. The first-order valence-corrected chi connectivity index (χ1v) is 10.9. The summed E-state index contributed by atoms with van der Waals surface area (Å²) in [6.45, 7) is 0.870. The first-order chi connectivity index (χ1) is 13.1. The Balaban J connectivity index is 1.56. The maximum Gasteiger partial charge on any atom is 0.252 e. The molecule has 0 aliphatic carbocycles. The molecule has 1 unspecified atom stereocenters. The highest BCUT2D eigenvalue weighted by molar-refractivity contribution is 7.91. The molecule has 5 heterocycles. The maximum atomic E-state index is 12.9. The predicted molar refractivity (Wildman–Crippen MR) is 102 cm³/mol. The molecule has 27 heavy (non-hydrogen) atoms. The van der Waals surface area contributed by atoms with E-state index in [4.69, 9.17) is 9.40 Å². The Morgan fingerprint density at radius 3 is 2.93 bits per heavy atom. The predicted octanol–water partition coefficient (Wildman–Crippen LogP) is 3.39. The molecular weight excluding hydrogens is 384 g/mol. The van der Waals surface area contributed by atoms with Crippen molar-refractivity contribution >= 4 is 32.5 Å². The second kappa shape index (κ2) is 6.29. The van der Waals surface area contributed by atoms with Crippen molar-refractivity contribution in [2.24, 2.45) is 0 Å². The van der Waals surface area contributed by atoms with Crippen molar-refractivity contribution in [3.63, 3.8) is 0 Å². The molecule has 1 atom stereocenters. The fourth-order valence-corrected chi connectivity index (χ4v) is 6.18. The van der Waals surface area contributed by atoms with Crippen LogP contribution in [0.1, 0.15) is 12.5 Å². The van der Waals surface area contributed by atoms with Gasteiger partial charge in [0.05, 0.1) is 17.9 Å². The number of fused-ring (bicyclic) bond motifs is 1. The van der Waals surface area contributed by atoms with Crippen LogP contribution in [-0.2, 0) is 10.0 Å². The van der Waals surface area contributed by atoms with E-state index in [2.05, 4.69) is 4.98 Å². The highest BCUT2D eigenvalue weighted by Crippen LogP contribution is 2.34. The summed E-state index contributed by atoms with van der Waals surface area (Å²) in [5.74, 6) is 0.748. The Morgan fingerprint density at radius 2 is 2.15 bits per heavy atom. The SMILES string of the molecule is O=S(=O)(c1cccs1)N1CCC(n2c(-c3ccoc3)nc3cccnc32)C1. The summed E-state index contributed by atoms with van der Waals surface area (Å²) in [7, 11) is -3.46. The molecule has 0 radical (unpaired) electrons. The third-order valence-electron chi connectivity index (χ3n) is 4.81. The zero-order valence-electron chi connectivity index (χ0n) is 14.2. The molecule has 4 aromatic heterocycles. The molecule has 9 heteroatoms. The Kier molecular flexibility index (Phi) is 3.88. The van der Waals surface area contributed by atoms with Crippen LogP contribution in [0.5, 0.6) is 0 Å². The van der Waals surface area contributed by atoms with E-state index in [1.165, 1.54) is 11.3 Å². The number of pyridine rings is 1. The maximum absolute atomic E-state index is 12.9. The average molecular weight is 400 g/mol. The molecule has 0 N–H and O–H groups in total. The molecule has 1 fully saturated rings. The number of thiophene rings is 1. The Hall–Kier alpha value is -2.49. The van der Waals surface area contributed by atoms with E-state index >= 15 is 0 Å². The minimum absolute atomic E-state index is 0.0375.